The summed E-state index contributed by atoms with van der Waals surface area (Å²) in [7, 11) is 3.10. The van der Waals surface area contributed by atoms with Crippen LogP contribution in [0.25, 0.3) is 0 Å². The van der Waals surface area contributed by atoms with Crippen LogP contribution >= 0.6 is 0 Å². The van der Waals surface area contributed by atoms with Crippen molar-refractivity contribution in [1.82, 2.24) is 0 Å². The number of benzene rings is 1. The van der Waals surface area contributed by atoms with Crippen LogP contribution in [0.1, 0.15) is 10.6 Å². The highest BCUT2D eigenvalue weighted by Gasteiger charge is 2.07. The van der Waals surface area contributed by atoms with Crippen LogP contribution in [-0.4, -0.2) is 20.5 Å². The second-order valence-electron chi connectivity index (χ2n) is 3.43. The van der Waals surface area contributed by atoms with Gasteiger partial charge in [0.2, 0.25) is 0 Å². The summed E-state index contributed by atoms with van der Waals surface area (Å²) in [6.07, 6.45) is 0.610. The zero-order chi connectivity index (χ0) is 13.0. The van der Waals surface area contributed by atoms with E-state index in [1.54, 1.807) is 38.5 Å². The van der Waals surface area contributed by atoms with Crippen molar-refractivity contribution in [3.8, 4) is 23.2 Å². The van der Waals surface area contributed by atoms with Gasteiger partial charge in [0.15, 0.2) is 12.0 Å². The Morgan fingerprint density at radius 3 is 2.11 bits per heavy atom. The molecule has 0 spiro atoms. The van der Waals surface area contributed by atoms with Gasteiger partial charge in [-0.1, -0.05) is 0 Å². The van der Waals surface area contributed by atoms with Gasteiger partial charge in [0, 0.05) is 24.3 Å². The maximum atomic E-state index is 10.5. The third-order valence-corrected chi connectivity index (χ3v) is 2.26. The minimum Gasteiger partial charge on any atom is -0.496 e. The number of aldehydes is 1. The number of carbonyl (C=O) groups is 1. The van der Waals surface area contributed by atoms with E-state index in [9.17, 15) is 4.79 Å². The molecule has 0 aliphatic heterocycles. The predicted octanol–water partition coefficient (Wildman–Crippen LogP) is 2.90. The summed E-state index contributed by atoms with van der Waals surface area (Å²) < 4.78 is 20.8. The van der Waals surface area contributed by atoms with E-state index in [0.29, 0.717) is 23.5 Å². The number of ether oxygens (including phenoxy) is 3. The minimum atomic E-state index is 0.208. The highest BCUT2D eigenvalue weighted by Crippen LogP contribution is 2.31. The van der Waals surface area contributed by atoms with E-state index in [1.807, 2.05) is 0 Å². The van der Waals surface area contributed by atoms with E-state index >= 15 is 0 Å². The molecule has 0 aliphatic carbocycles. The molecule has 1 aromatic carbocycles. The predicted molar refractivity (Wildman–Crippen MR) is 63.7 cm³/mol. The van der Waals surface area contributed by atoms with Crippen molar-refractivity contribution in [3.63, 3.8) is 0 Å². The van der Waals surface area contributed by atoms with E-state index in [-0.39, 0.29) is 11.7 Å². The second kappa shape index (κ2) is 5.27. The summed E-state index contributed by atoms with van der Waals surface area (Å²) in [6.45, 7) is 0. The van der Waals surface area contributed by atoms with Crippen LogP contribution in [0, 0.1) is 0 Å². The molecule has 2 rings (SSSR count). The number of carbonyl (C=O) groups excluding carboxylic acids is 1. The molecule has 0 amide bonds. The van der Waals surface area contributed by atoms with Gasteiger partial charge < -0.3 is 18.6 Å². The molecule has 0 radical (unpaired) electrons. The first-order chi connectivity index (χ1) is 8.75. The molecule has 0 saturated carbocycles. The van der Waals surface area contributed by atoms with Gasteiger partial charge in [0.25, 0.3) is 5.95 Å². The molecule has 0 N–H and O–H groups in total. The number of furan rings is 1. The van der Waals surface area contributed by atoms with Crippen LogP contribution < -0.4 is 14.2 Å². The van der Waals surface area contributed by atoms with Crippen molar-refractivity contribution in [2.75, 3.05) is 14.2 Å². The Balaban J connectivity index is 2.24. The third kappa shape index (κ3) is 2.63. The van der Waals surface area contributed by atoms with Crippen molar-refractivity contribution >= 4 is 6.29 Å². The van der Waals surface area contributed by atoms with Crippen LogP contribution in [0.2, 0.25) is 0 Å². The molecule has 5 nitrogen and oxygen atoms in total. The van der Waals surface area contributed by atoms with Crippen molar-refractivity contribution in [3.05, 3.63) is 36.1 Å². The van der Waals surface area contributed by atoms with Gasteiger partial charge in [-0.2, -0.15) is 0 Å². The number of methoxy groups -OCH3 is 2. The lowest BCUT2D eigenvalue weighted by atomic mass is 10.3. The monoisotopic (exact) mass is 248 g/mol. The van der Waals surface area contributed by atoms with Gasteiger partial charge in [0.1, 0.15) is 17.2 Å². The third-order valence-electron chi connectivity index (χ3n) is 2.26. The van der Waals surface area contributed by atoms with Crippen molar-refractivity contribution in [2.45, 2.75) is 0 Å². The summed E-state index contributed by atoms with van der Waals surface area (Å²) in [5.74, 6) is 2.14. The van der Waals surface area contributed by atoms with E-state index in [1.165, 1.54) is 6.07 Å². The van der Waals surface area contributed by atoms with Crippen molar-refractivity contribution in [1.29, 1.82) is 0 Å². The molecule has 1 heterocycles. The molecule has 0 fully saturated rings. The first-order valence-electron chi connectivity index (χ1n) is 5.21. The van der Waals surface area contributed by atoms with E-state index in [4.69, 9.17) is 18.6 Å². The Morgan fingerprint density at radius 1 is 1.00 bits per heavy atom. The molecule has 5 heteroatoms. The van der Waals surface area contributed by atoms with Gasteiger partial charge in [-0.05, 0) is 6.07 Å². The summed E-state index contributed by atoms with van der Waals surface area (Å²) in [5, 5.41) is 0. The van der Waals surface area contributed by atoms with Crippen LogP contribution in [0.4, 0.5) is 0 Å². The highest BCUT2D eigenvalue weighted by molar-refractivity contribution is 5.70. The number of hydrogen-bond acceptors (Lipinski definition) is 5. The smallest absolute Gasteiger partial charge is 0.290 e. The standard InChI is InChI=1S/C13H12O5/c1-15-10-5-11(16-2)7-12(6-10)18-13-4-3-9(8-14)17-13/h3-8H,1-2H3. The molecule has 2 aromatic rings. The first kappa shape index (κ1) is 12.0. The highest BCUT2D eigenvalue weighted by atomic mass is 16.6. The normalized spacial score (nSPS) is 9.89. The number of hydrogen-bond donors (Lipinski definition) is 0. The van der Waals surface area contributed by atoms with Gasteiger partial charge in [-0.3, -0.25) is 4.79 Å². The van der Waals surface area contributed by atoms with Crippen molar-refractivity contribution < 1.29 is 23.4 Å². The van der Waals surface area contributed by atoms with E-state index in [2.05, 4.69) is 0 Å². The molecular weight excluding hydrogens is 236 g/mol. The Hall–Kier alpha value is -2.43. The summed E-state index contributed by atoms with van der Waals surface area (Å²) in [6, 6.07) is 8.19. The lowest BCUT2D eigenvalue weighted by Gasteiger charge is -2.07. The Bertz CT molecular complexity index is 522. The SMILES string of the molecule is COc1cc(OC)cc(Oc2ccc(C=O)o2)c1. The maximum Gasteiger partial charge on any atom is 0.290 e. The summed E-state index contributed by atoms with van der Waals surface area (Å²) in [4.78, 5) is 10.5. The van der Waals surface area contributed by atoms with Crippen LogP contribution in [0.5, 0.6) is 23.2 Å². The quantitative estimate of drug-likeness (QED) is 0.761. The van der Waals surface area contributed by atoms with E-state index < -0.39 is 0 Å². The molecule has 18 heavy (non-hydrogen) atoms. The van der Waals surface area contributed by atoms with Crippen LogP contribution in [0.3, 0.4) is 0 Å². The molecular formula is C13H12O5. The zero-order valence-corrected chi connectivity index (χ0v) is 10.0. The van der Waals surface area contributed by atoms with Crippen LogP contribution in [0.15, 0.2) is 34.7 Å². The second-order valence-corrected chi connectivity index (χ2v) is 3.43. The molecule has 0 bridgehead atoms. The maximum absolute atomic E-state index is 10.5. The van der Waals surface area contributed by atoms with Gasteiger partial charge in [-0.25, -0.2) is 0 Å². The fraction of sp³-hybridized carbons (Fsp3) is 0.154. The van der Waals surface area contributed by atoms with Gasteiger partial charge >= 0.3 is 0 Å². The van der Waals surface area contributed by atoms with Gasteiger partial charge in [0.05, 0.1) is 14.2 Å². The molecule has 94 valence electrons. The molecule has 0 saturated heterocycles. The van der Waals surface area contributed by atoms with Gasteiger partial charge in [-0.15, -0.1) is 0 Å². The summed E-state index contributed by atoms with van der Waals surface area (Å²) in [5.41, 5.74) is 0. The average molecular weight is 248 g/mol. The zero-order valence-electron chi connectivity index (χ0n) is 10.0. The summed E-state index contributed by atoms with van der Waals surface area (Å²) >= 11 is 0. The van der Waals surface area contributed by atoms with Crippen molar-refractivity contribution in [2.24, 2.45) is 0 Å². The fourth-order valence-corrected chi connectivity index (χ4v) is 1.41. The van der Waals surface area contributed by atoms with E-state index in [0.717, 1.165) is 0 Å². The molecule has 0 atom stereocenters. The fourth-order valence-electron chi connectivity index (χ4n) is 1.41. The minimum absolute atomic E-state index is 0.208. The lowest BCUT2D eigenvalue weighted by molar-refractivity contribution is 0.109. The Morgan fingerprint density at radius 2 is 1.61 bits per heavy atom. The molecule has 1 aromatic heterocycles. The number of rotatable bonds is 5. The molecule has 0 aliphatic rings. The Labute approximate surface area is 104 Å². The first-order valence-corrected chi connectivity index (χ1v) is 5.21. The average Bonchev–Trinajstić information content (AvgIpc) is 2.85. The Kier molecular flexibility index (Phi) is 3.52. The largest absolute Gasteiger partial charge is 0.496 e. The lowest BCUT2D eigenvalue weighted by Crippen LogP contribution is -1.89. The van der Waals surface area contributed by atoms with Crippen LogP contribution in [-0.2, 0) is 0 Å². The molecule has 0 unspecified atom stereocenters. The topological polar surface area (TPSA) is 57.9 Å².